The van der Waals surface area contributed by atoms with Crippen molar-refractivity contribution in [2.45, 2.75) is 19.8 Å². The highest BCUT2D eigenvalue weighted by molar-refractivity contribution is 5.38. The minimum Gasteiger partial charge on any atom is -0.319 e. The smallest absolute Gasteiger partial charge is 0.0491 e. The number of nitrogens with zero attached hydrogens (tertiary/aromatic N) is 1. The van der Waals surface area contributed by atoms with Crippen molar-refractivity contribution in [2.75, 3.05) is 13.6 Å². The third kappa shape index (κ3) is 2.77. The Balaban J connectivity index is 2.44. The fourth-order valence-electron chi connectivity index (χ4n) is 2.30. The van der Waals surface area contributed by atoms with Gasteiger partial charge >= 0.3 is 0 Å². The van der Waals surface area contributed by atoms with Crippen molar-refractivity contribution in [3.63, 3.8) is 0 Å². The van der Waals surface area contributed by atoms with Crippen LogP contribution in [-0.2, 0) is 0 Å². The van der Waals surface area contributed by atoms with E-state index in [0.717, 1.165) is 12.2 Å². The van der Waals surface area contributed by atoms with Crippen molar-refractivity contribution in [3.8, 4) is 0 Å². The zero-order valence-corrected chi connectivity index (χ0v) is 11.3. The normalized spacial score (nSPS) is 12.4. The largest absolute Gasteiger partial charge is 0.319 e. The van der Waals surface area contributed by atoms with E-state index in [1.165, 1.54) is 16.7 Å². The van der Waals surface area contributed by atoms with Gasteiger partial charge in [-0.2, -0.15) is 0 Å². The molecule has 0 radical (unpaired) electrons. The van der Waals surface area contributed by atoms with Gasteiger partial charge < -0.3 is 5.32 Å². The summed E-state index contributed by atoms with van der Waals surface area (Å²) in [6.45, 7) is 5.21. The van der Waals surface area contributed by atoms with Crippen LogP contribution in [0.4, 0.5) is 0 Å². The van der Waals surface area contributed by atoms with E-state index in [4.69, 9.17) is 0 Å². The van der Waals surface area contributed by atoms with Gasteiger partial charge in [0, 0.05) is 24.4 Å². The van der Waals surface area contributed by atoms with Gasteiger partial charge in [0.25, 0.3) is 0 Å². The molecule has 1 heterocycles. The molecule has 2 heteroatoms. The Labute approximate surface area is 109 Å². The van der Waals surface area contributed by atoms with E-state index < -0.39 is 0 Å². The topological polar surface area (TPSA) is 24.9 Å². The molecule has 18 heavy (non-hydrogen) atoms. The minimum atomic E-state index is 0.316. The van der Waals surface area contributed by atoms with E-state index in [9.17, 15) is 0 Å². The van der Waals surface area contributed by atoms with Crippen LogP contribution in [-0.4, -0.2) is 18.6 Å². The van der Waals surface area contributed by atoms with E-state index in [-0.39, 0.29) is 0 Å². The maximum Gasteiger partial charge on any atom is 0.0491 e. The molecule has 0 spiro atoms. The Morgan fingerprint density at radius 2 is 2.00 bits per heavy atom. The van der Waals surface area contributed by atoms with Crippen molar-refractivity contribution in [2.24, 2.45) is 0 Å². The minimum absolute atomic E-state index is 0.316. The number of hydrogen-bond acceptors (Lipinski definition) is 2. The number of aromatic nitrogens is 1. The van der Waals surface area contributed by atoms with E-state index in [0.29, 0.717) is 5.92 Å². The molecule has 2 aromatic rings. The summed E-state index contributed by atoms with van der Waals surface area (Å²) < 4.78 is 0. The highest BCUT2D eigenvalue weighted by Gasteiger charge is 2.16. The fourth-order valence-corrected chi connectivity index (χ4v) is 2.30. The summed E-state index contributed by atoms with van der Waals surface area (Å²) in [6.07, 6.45) is 1.86. The average molecular weight is 240 g/mol. The lowest BCUT2D eigenvalue weighted by Gasteiger charge is -2.19. The van der Waals surface area contributed by atoms with Crippen LogP contribution < -0.4 is 5.32 Å². The zero-order chi connectivity index (χ0) is 13.0. The maximum absolute atomic E-state index is 4.50. The quantitative estimate of drug-likeness (QED) is 0.888. The Bertz CT molecular complexity index is 506. The molecule has 0 saturated carbocycles. The number of benzene rings is 1. The number of rotatable bonds is 4. The molecule has 2 nitrogen and oxygen atoms in total. The number of likely N-dealkylation sites (N-methyl/N-ethyl adjacent to an activating group) is 1. The van der Waals surface area contributed by atoms with Gasteiger partial charge in [-0.05, 0) is 44.2 Å². The molecule has 0 saturated heterocycles. The van der Waals surface area contributed by atoms with Gasteiger partial charge in [-0.1, -0.05) is 29.8 Å². The van der Waals surface area contributed by atoms with Crippen molar-refractivity contribution in [3.05, 3.63) is 65.0 Å². The third-order valence-electron chi connectivity index (χ3n) is 3.26. The lowest BCUT2D eigenvalue weighted by atomic mass is 9.90. The number of hydrogen-bond donors (Lipinski definition) is 1. The van der Waals surface area contributed by atoms with Crippen LogP contribution in [0.3, 0.4) is 0 Å². The molecular weight excluding hydrogens is 220 g/mol. The van der Waals surface area contributed by atoms with Crippen LogP contribution in [0, 0.1) is 13.8 Å². The van der Waals surface area contributed by atoms with Gasteiger partial charge in [-0.25, -0.2) is 0 Å². The van der Waals surface area contributed by atoms with Crippen molar-refractivity contribution in [1.29, 1.82) is 0 Å². The molecule has 1 aromatic carbocycles. The standard InChI is InChI=1S/C16H20N2/c1-12-7-8-13(2)14(10-12)15(11-17-3)16-6-4-5-9-18-16/h4-10,15,17H,11H2,1-3H3. The molecule has 94 valence electrons. The second kappa shape index (κ2) is 5.78. The first-order valence-electron chi connectivity index (χ1n) is 6.35. The maximum atomic E-state index is 4.50. The van der Waals surface area contributed by atoms with Crippen LogP contribution in [0.1, 0.15) is 28.3 Å². The molecule has 0 aliphatic rings. The molecule has 2 rings (SSSR count). The fraction of sp³-hybridized carbons (Fsp3) is 0.312. The first kappa shape index (κ1) is 12.8. The van der Waals surface area contributed by atoms with E-state index in [1.807, 2.05) is 19.3 Å². The Kier molecular flexibility index (Phi) is 4.11. The summed E-state index contributed by atoms with van der Waals surface area (Å²) in [7, 11) is 1.99. The summed E-state index contributed by atoms with van der Waals surface area (Å²) >= 11 is 0. The zero-order valence-electron chi connectivity index (χ0n) is 11.3. The molecule has 1 N–H and O–H groups in total. The van der Waals surface area contributed by atoms with Crippen molar-refractivity contribution in [1.82, 2.24) is 10.3 Å². The summed E-state index contributed by atoms with van der Waals surface area (Å²) in [5, 5.41) is 3.27. The van der Waals surface area contributed by atoms with E-state index in [2.05, 4.69) is 54.5 Å². The van der Waals surface area contributed by atoms with Gasteiger partial charge in [-0.3, -0.25) is 4.98 Å². The molecule has 0 aliphatic carbocycles. The number of pyridine rings is 1. The SMILES string of the molecule is CNCC(c1ccccn1)c1cc(C)ccc1C. The highest BCUT2D eigenvalue weighted by atomic mass is 14.8. The molecule has 1 atom stereocenters. The molecule has 0 aliphatic heterocycles. The molecule has 0 fully saturated rings. The Morgan fingerprint density at radius 3 is 2.67 bits per heavy atom. The lowest BCUT2D eigenvalue weighted by molar-refractivity contribution is 0.688. The molecule has 1 aromatic heterocycles. The predicted octanol–water partition coefficient (Wildman–Crippen LogP) is 3.05. The van der Waals surface area contributed by atoms with Crippen LogP contribution >= 0.6 is 0 Å². The summed E-state index contributed by atoms with van der Waals surface area (Å²) in [5.41, 5.74) is 5.11. The Hall–Kier alpha value is -1.67. The second-order valence-corrected chi connectivity index (χ2v) is 4.72. The van der Waals surface area contributed by atoms with Gasteiger partial charge in [0.1, 0.15) is 0 Å². The first-order chi connectivity index (χ1) is 8.72. The summed E-state index contributed by atoms with van der Waals surface area (Å²) in [6, 6.07) is 12.7. The van der Waals surface area contributed by atoms with Crippen LogP contribution in [0.25, 0.3) is 0 Å². The van der Waals surface area contributed by atoms with Gasteiger partial charge in [0.2, 0.25) is 0 Å². The first-order valence-corrected chi connectivity index (χ1v) is 6.35. The van der Waals surface area contributed by atoms with E-state index in [1.54, 1.807) is 0 Å². The average Bonchev–Trinajstić information content (AvgIpc) is 2.40. The number of nitrogens with one attached hydrogen (secondary N) is 1. The lowest BCUT2D eigenvalue weighted by Crippen LogP contribution is -2.20. The van der Waals surface area contributed by atoms with Gasteiger partial charge in [0.15, 0.2) is 0 Å². The second-order valence-electron chi connectivity index (χ2n) is 4.72. The molecule has 0 amide bonds. The predicted molar refractivity (Wildman–Crippen MR) is 75.9 cm³/mol. The summed E-state index contributed by atoms with van der Waals surface area (Å²) in [5.74, 6) is 0.316. The van der Waals surface area contributed by atoms with Crippen molar-refractivity contribution < 1.29 is 0 Å². The Morgan fingerprint density at radius 1 is 1.17 bits per heavy atom. The van der Waals surface area contributed by atoms with Crippen LogP contribution in [0.5, 0.6) is 0 Å². The van der Waals surface area contributed by atoms with E-state index >= 15 is 0 Å². The number of aryl methyl sites for hydroxylation is 2. The van der Waals surface area contributed by atoms with Crippen LogP contribution in [0.15, 0.2) is 42.6 Å². The molecule has 0 bridgehead atoms. The molecule has 1 unspecified atom stereocenters. The van der Waals surface area contributed by atoms with Crippen molar-refractivity contribution >= 4 is 0 Å². The third-order valence-corrected chi connectivity index (χ3v) is 3.26. The highest BCUT2D eigenvalue weighted by Crippen LogP contribution is 2.26. The van der Waals surface area contributed by atoms with Gasteiger partial charge in [0.05, 0.1) is 0 Å². The van der Waals surface area contributed by atoms with Gasteiger partial charge in [-0.15, -0.1) is 0 Å². The van der Waals surface area contributed by atoms with Crippen LogP contribution in [0.2, 0.25) is 0 Å². The molecular formula is C16H20N2. The summed E-state index contributed by atoms with van der Waals surface area (Å²) in [4.78, 5) is 4.50. The monoisotopic (exact) mass is 240 g/mol.